The topological polar surface area (TPSA) is 95.7 Å². The van der Waals surface area contributed by atoms with E-state index in [1.165, 1.54) is 11.3 Å². The number of aryl methyl sites for hydroxylation is 1. The molecule has 1 aliphatic heterocycles. The van der Waals surface area contributed by atoms with Crippen molar-refractivity contribution in [2.75, 3.05) is 19.7 Å². The minimum atomic E-state index is -0.204. The number of thiophene rings is 1. The molecular formula is C14H17Cl2N5O2S. The molecule has 1 aliphatic rings. The summed E-state index contributed by atoms with van der Waals surface area (Å²) in [4.78, 5) is 20.7. The van der Waals surface area contributed by atoms with Gasteiger partial charge in [0.05, 0.1) is 18.3 Å². The van der Waals surface area contributed by atoms with Gasteiger partial charge in [-0.25, -0.2) is 4.98 Å². The molecule has 24 heavy (non-hydrogen) atoms. The summed E-state index contributed by atoms with van der Waals surface area (Å²) >= 11 is 1.43. The van der Waals surface area contributed by atoms with Crippen LogP contribution >= 0.6 is 36.2 Å². The summed E-state index contributed by atoms with van der Waals surface area (Å²) in [5, 5.41) is 10.2. The molecule has 1 atom stereocenters. The number of rotatable bonds is 2. The van der Waals surface area contributed by atoms with Crippen LogP contribution < -0.4 is 10.9 Å². The zero-order valence-electron chi connectivity index (χ0n) is 12.8. The van der Waals surface area contributed by atoms with Crippen molar-refractivity contribution in [3.8, 4) is 10.4 Å². The van der Waals surface area contributed by atoms with Crippen molar-refractivity contribution in [2.45, 2.75) is 13.0 Å². The van der Waals surface area contributed by atoms with Gasteiger partial charge in [0.2, 0.25) is 0 Å². The Morgan fingerprint density at radius 1 is 1.38 bits per heavy atom. The van der Waals surface area contributed by atoms with E-state index in [4.69, 9.17) is 4.74 Å². The molecule has 0 aromatic carbocycles. The van der Waals surface area contributed by atoms with Gasteiger partial charge < -0.3 is 15.0 Å². The number of fused-ring (bicyclic) bond motifs is 1. The van der Waals surface area contributed by atoms with Gasteiger partial charge in [-0.3, -0.25) is 9.89 Å². The second-order valence-corrected chi connectivity index (χ2v) is 6.30. The fourth-order valence-corrected chi connectivity index (χ4v) is 3.64. The largest absolute Gasteiger partial charge is 0.368 e. The van der Waals surface area contributed by atoms with Crippen LogP contribution in [0.5, 0.6) is 0 Å². The van der Waals surface area contributed by atoms with Crippen LogP contribution in [0.4, 0.5) is 0 Å². The number of aromatic amines is 2. The van der Waals surface area contributed by atoms with Crippen molar-refractivity contribution in [3.63, 3.8) is 0 Å². The molecule has 130 valence electrons. The molecule has 7 nitrogen and oxygen atoms in total. The highest BCUT2D eigenvalue weighted by Gasteiger charge is 2.20. The van der Waals surface area contributed by atoms with E-state index in [-0.39, 0.29) is 36.5 Å². The van der Waals surface area contributed by atoms with Crippen molar-refractivity contribution in [3.05, 3.63) is 34.1 Å². The highest BCUT2D eigenvalue weighted by molar-refractivity contribution is 7.22. The van der Waals surface area contributed by atoms with E-state index in [0.717, 1.165) is 22.7 Å². The molecule has 10 heteroatoms. The molecule has 1 unspecified atom stereocenters. The van der Waals surface area contributed by atoms with Gasteiger partial charge in [-0.1, -0.05) is 0 Å². The molecule has 0 radical (unpaired) electrons. The zero-order valence-corrected chi connectivity index (χ0v) is 15.2. The third kappa shape index (κ3) is 3.33. The Balaban J connectivity index is 0.00000104. The lowest BCUT2D eigenvalue weighted by Gasteiger charge is -2.22. The Labute approximate surface area is 154 Å². The van der Waals surface area contributed by atoms with Crippen molar-refractivity contribution >= 4 is 46.4 Å². The summed E-state index contributed by atoms with van der Waals surface area (Å²) in [7, 11) is 0. The van der Waals surface area contributed by atoms with E-state index in [9.17, 15) is 4.79 Å². The molecule has 0 spiro atoms. The van der Waals surface area contributed by atoms with E-state index in [1.54, 1.807) is 6.20 Å². The van der Waals surface area contributed by atoms with Crippen LogP contribution in [0.1, 0.15) is 17.6 Å². The highest BCUT2D eigenvalue weighted by atomic mass is 35.5. The Kier molecular flexibility index (Phi) is 6.00. The predicted molar refractivity (Wildman–Crippen MR) is 98.6 cm³/mol. The lowest BCUT2D eigenvalue weighted by Crippen LogP contribution is -2.35. The lowest BCUT2D eigenvalue weighted by molar-refractivity contribution is 0.0222. The van der Waals surface area contributed by atoms with Crippen molar-refractivity contribution < 1.29 is 4.74 Å². The summed E-state index contributed by atoms with van der Waals surface area (Å²) in [5.74, 6) is 0.581. The first kappa shape index (κ1) is 18.9. The number of aromatic nitrogens is 4. The van der Waals surface area contributed by atoms with Crippen LogP contribution in [0, 0.1) is 6.92 Å². The molecule has 0 amide bonds. The normalized spacial score (nSPS) is 17.3. The molecule has 1 fully saturated rings. The second-order valence-electron chi connectivity index (χ2n) is 5.25. The molecule has 3 aromatic rings. The highest BCUT2D eigenvalue weighted by Crippen LogP contribution is 2.32. The fraction of sp³-hybridized carbons (Fsp3) is 0.357. The molecule has 0 aliphatic carbocycles. The van der Waals surface area contributed by atoms with Gasteiger partial charge in [0.1, 0.15) is 16.6 Å². The van der Waals surface area contributed by atoms with E-state index < -0.39 is 0 Å². The summed E-state index contributed by atoms with van der Waals surface area (Å²) in [6, 6.07) is 1.94. The van der Waals surface area contributed by atoms with Gasteiger partial charge in [0.25, 0.3) is 5.56 Å². The van der Waals surface area contributed by atoms with E-state index in [2.05, 4.69) is 25.5 Å². The van der Waals surface area contributed by atoms with E-state index in [1.807, 2.05) is 13.0 Å². The predicted octanol–water partition coefficient (Wildman–Crippen LogP) is 2.19. The van der Waals surface area contributed by atoms with Crippen molar-refractivity contribution in [1.82, 2.24) is 25.5 Å². The van der Waals surface area contributed by atoms with Crippen LogP contribution in [-0.4, -0.2) is 39.9 Å². The molecule has 3 N–H and O–H groups in total. The number of hydrogen-bond acceptors (Lipinski definition) is 6. The average molecular weight is 390 g/mol. The fourth-order valence-electron chi connectivity index (χ4n) is 2.58. The molecule has 0 bridgehead atoms. The maximum atomic E-state index is 12.3. The Morgan fingerprint density at radius 2 is 2.21 bits per heavy atom. The molecule has 4 heterocycles. The van der Waals surface area contributed by atoms with Gasteiger partial charge in [-0.2, -0.15) is 5.10 Å². The molecule has 3 aromatic heterocycles. The molecule has 4 rings (SSSR count). The van der Waals surface area contributed by atoms with Crippen LogP contribution in [0.15, 0.2) is 17.1 Å². The summed E-state index contributed by atoms with van der Waals surface area (Å²) in [5.41, 5.74) is 2.56. The number of ether oxygens (including phenoxy) is 1. The Bertz CT molecular complexity index is 885. The maximum Gasteiger partial charge on any atom is 0.268 e. The zero-order chi connectivity index (χ0) is 15.1. The van der Waals surface area contributed by atoms with Crippen LogP contribution in [0.3, 0.4) is 0 Å². The number of nitrogens with one attached hydrogen (secondary N) is 3. The summed E-state index contributed by atoms with van der Waals surface area (Å²) in [6.45, 7) is 4.06. The van der Waals surface area contributed by atoms with Gasteiger partial charge in [0.15, 0.2) is 0 Å². The van der Waals surface area contributed by atoms with Crippen molar-refractivity contribution in [2.24, 2.45) is 0 Å². The second kappa shape index (κ2) is 7.62. The van der Waals surface area contributed by atoms with Crippen LogP contribution in [-0.2, 0) is 4.74 Å². The smallest absolute Gasteiger partial charge is 0.268 e. The van der Waals surface area contributed by atoms with Gasteiger partial charge in [0, 0.05) is 29.2 Å². The number of morpholine rings is 1. The van der Waals surface area contributed by atoms with Gasteiger partial charge in [-0.15, -0.1) is 36.2 Å². The monoisotopic (exact) mass is 389 g/mol. The van der Waals surface area contributed by atoms with Crippen molar-refractivity contribution in [1.29, 1.82) is 0 Å². The number of hydrogen-bond donors (Lipinski definition) is 3. The quantitative estimate of drug-likeness (QED) is 0.624. The first-order chi connectivity index (χ1) is 10.7. The van der Waals surface area contributed by atoms with E-state index in [0.29, 0.717) is 29.2 Å². The van der Waals surface area contributed by atoms with E-state index >= 15 is 0 Å². The third-order valence-corrected chi connectivity index (χ3v) is 4.89. The summed E-state index contributed by atoms with van der Waals surface area (Å²) < 4.78 is 6.29. The Hall–Kier alpha value is -1.45. The lowest BCUT2D eigenvalue weighted by atomic mass is 10.2. The minimum absolute atomic E-state index is 0. The Morgan fingerprint density at radius 3 is 2.88 bits per heavy atom. The van der Waals surface area contributed by atoms with Gasteiger partial charge in [-0.05, 0) is 13.0 Å². The first-order valence-corrected chi connectivity index (χ1v) is 7.90. The molecule has 1 saturated heterocycles. The average Bonchev–Trinajstić information content (AvgIpc) is 3.14. The van der Waals surface area contributed by atoms with Crippen LogP contribution in [0.2, 0.25) is 0 Å². The molecule has 0 saturated carbocycles. The summed E-state index contributed by atoms with van der Waals surface area (Å²) in [6.07, 6.45) is 1.56. The third-order valence-electron chi connectivity index (χ3n) is 3.73. The van der Waals surface area contributed by atoms with Crippen LogP contribution in [0.25, 0.3) is 20.7 Å². The standard InChI is InChI=1S/C14H15N5O2S.2ClH/c1-7-8(5-16-19-7)11-4-9-12(22-11)14(20)18-13(17-9)10-6-15-2-3-21-10;;/h4-5,10,15H,2-3,6H2,1H3,(H,16,19)(H,17,18,20);2*1H. The van der Waals surface area contributed by atoms with Gasteiger partial charge >= 0.3 is 0 Å². The first-order valence-electron chi connectivity index (χ1n) is 7.09. The minimum Gasteiger partial charge on any atom is -0.368 e. The number of halogens is 2. The number of H-pyrrole nitrogens is 2. The number of nitrogens with zero attached hydrogens (tertiary/aromatic N) is 2. The SMILES string of the molecule is Cc1[nH]ncc1-c1cc2nc(C3CNCCO3)[nH]c(=O)c2s1.Cl.Cl. The maximum absolute atomic E-state index is 12.3. The molecular weight excluding hydrogens is 373 g/mol.